The molecule has 0 aromatic heterocycles. The van der Waals surface area contributed by atoms with Crippen molar-refractivity contribution in [2.45, 2.75) is 12.5 Å². The molecule has 0 aliphatic carbocycles. The van der Waals surface area contributed by atoms with Gasteiger partial charge in [-0.1, -0.05) is 23.2 Å². The van der Waals surface area contributed by atoms with Crippen LogP contribution in [0.25, 0.3) is 0 Å². The maximum Gasteiger partial charge on any atom is 0.321 e. The maximum atomic E-state index is 11.0. The van der Waals surface area contributed by atoms with Crippen molar-refractivity contribution in [1.82, 2.24) is 4.90 Å². The Balaban J connectivity index is 2.89. The summed E-state index contributed by atoms with van der Waals surface area (Å²) in [5.41, 5.74) is 0.818. The number of aliphatic carboxylic acids is 1. The Kier molecular flexibility index (Phi) is 4.59. The van der Waals surface area contributed by atoms with Gasteiger partial charge in [0.1, 0.15) is 6.04 Å². The molecule has 1 rings (SSSR count). The molecule has 0 saturated heterocycles. The molecular formula is C11H13Cl2NO2. The van der Waals surface area contributed by atoms with E-state index in [9.17, 15) is 4.79 Å². The van der Waals surface area contributed by atoms with Crippen molar-refractivity contribution in [3.63, 3.8) is 0 Å². The van der Waals surface area contributed by atoms with Crippen molar-refractivity contribution < 1.29 is 9.90 Å². The van der Waals surface area contributed by atoms with Gasteiger partial charge in [0.2, 0.25) is 0 Å². The predicted molar refractivity (Wildman–Crippen MR) is 65.3 cm³/mol. The van der Waals surface area contributed by atoms with Gasteiger partial charge in [0, 0.05) is 10.0 Å². The molecule has 0 amide bonds. The first kappa shape index (κ1) is 13.3. The maximum absolute atomic E-state index is 11.0. The summed E-state index contributed by atoms with van der Waals surface area (Å²) in [6, 6.07) is 4.51. The van der Waals surface area contributed by atoms with E-state index in [0.717, 1.165) is 5.56 Å². The van der Waals surface area contributed by atoms with Crippen molar-refractivity contribution in [3.05, 3.63) is 33.8 Å². The summed E-state index contributed by atoms with van der Waals surface area (Å²) in [4.78, 5) is 12.7. The van der Waals surface area contributed by atoms with E-state index < -0.39 is 12.0 Å². The third kappa shape index (κ3) is 3.67. The molecule has 0 heterocycles. The highest BCUT2D eigenvalue weighted by atomic mass is 35.5. The lowest BCUT2D eigenvalue weighted by Crippen LogP contribution is -2.37. The zero-order chi connectivity index (χ0) is 12.3. The molecule has 0 aliphatic heterocycles. The number of carboxylic acids is 1. The van der Waals surface area contributed by atoms with Crippen LogP contribution in [0.5, 0.6) is 0 Å². The first-order valence-electron chi connectivity index (χ1n) is 4.74. The zero-order valence-electron chi connectivity index (χ0n) is 9.08. The van der Waals surface area contributed by atoms with Gasteiger partial charge in [0.05, 0.1) is 0 Å². The highest BCUT2D eigenvalue weighted by molar-refractivity contribution is 6.34. The van der Waals surface area contributed by atoms with Gasteiger partial charge in [0.15, 0.2) is 0 Å². The number of hydrogen-bond acceptors (Lipinski definition) is 2. The van der Waals surface area contributed by atoms with Crippen molar-refractivity contribution in [2.24, 2.45) is 0 Å². The second-order valence-corrected chi connectivity index (χ2v) is 4.67. The van der Waals surface area contributed by atoms with Crippen molar-refractivity contribution in [2.75, 3.05) is 14.1 Å². The van der Waals surface area contributed by atoms with E-state index in [-0.39, 0.29) is 0 Å². The summed E-state index contributed by atoms with van der Waals surface area (Å²) in [7, 11) is 3.45. The van der Waals surface area contributed by atoms with Crippen LogP contribution in [-0.2, 0) is 11.2 Å². The van der Waals surface area contributed by atoms with E-state index in [1.54, 1.807) is 37.2 Å². The Morgan fingerprint density at radius 2 is 1.81 bits per heavy atom. The summed E-state index contributed by atoms with van der Waals surface area (Å²) in [5.74, 6) is -0.860. The lowest BCUT2D eigenvalue weighted by molar-refractivity contribution is -0.142. The van der Waals surface area contributed by atoms with Crippen LogP contribution in [0.15, 0.2) is 18.2 Å². The Morgan fingerprint density at radius 1 is 1.31 bits per heavy atom. The Labute approximate surface area is 105 Å². The number of carboxylic acid groups (broad SMARTS) is 1. The normalized spacial score (nSPS) is 12.8. The third-order valence-corrected chi connectivity index (χ3v) is 2.70. The molecule has 88 valence electrons. The van der Waals surface area contributed by atoms with E-state index in [1.165, 1.54) is 0 Å². The number of hydrogen-bond donors (Lipinski definition) is 1. The summed E-state index contributed by atoms with van der Waals surface area (Å²) >= 11 is 11.7. The quantitative estimate of drug-likeness (QED) is 0.906. The average Bonchev–Trinajstić information content (AvgIpc) is 2.11. The van der Waals surface area contributed by atoms with Crippen LogP contribution in [0, 0.1) is 0 Å². The molecule has 1 aromatic rings. The van der Waals surface area contributed by atoms with Gasteiger partial charge in [0.25, 0.3) is 0 Å². The van der Waals surface area contributed by atoms with E-state index in [4.69, 9.17) is 28.3 Å². The fourth-order valence-electron chi connectivity index (χ4n) is 1.44. The SMILES string of the molecule is CN(C)[C@@H](Cc1cc(Cl)cc(Cl)c1)C(=O)O. The number of nitrogens with zero attached hydrogens (tertiary/aromatic N) is 1. The van der Waals surface area contributed by atoms with Crippen LogP contribution in [0.4, 0.5) is 0 Å². The third-order valence-electron chi connectivity index (χ3n) is 2.26. The molecule has 3 nitrogen and oxygen atoms in total. The molecular weight excluding hydrogens is 249 g/mol. The van der Waals surface area contributed by atoms with Gasteiger partial charge in [-0.15, -0.1) is 0 Å². The number of rotatable bonds is 4. The molecule has 1 N–H and O–H groups in total. The molecule has 1 aromatic carbocycles. The fraction of sp³-hybridized carbons (Fsp3) is 0.364. The monoisotopic (exact) mass is 261 g/mol. The van der Waals surface area contributed by atoms with Crippen LogP contribution in [0.2, 0.25) is 10.0 Å². The molecule has 0 bridgehead atoms. The van der Waals surface area contributed by atoms with E-state index >= 15 is 0 Å². The number of likely N-dealkylation sites (N-methyl/N-ethyl adjacent to an activating group) is 1. The van der Waals surface area contributed by atoms with Crippen molar-refractivity contribution in [3.8, 4) is 0 Å². The second kappa shape index (κ2) is 5.53. The van der Waals surface area contributed by atoms with Gasteiger partial charge in [-0.25, -0.2) is 0 Å². The zero-order valence-corrected chi connectivity index (χ0v) is 10.6. The molecule has 0 radical (unpaired) electrons. The van der Waals surface area contributed by atoms with E-state index in [1.807, 2.05) is 0 Å². The first-order valence-corrected chi connectivity index (χ1v) is 5.50. The van der Waals surface area contributed by atoms with Crippen LogP contribution in [-0.4, -0.2) is 36.1 Å². The Morgan fingerprint density at radius 3 is 2.19 bits per heavy atom. The molecule has 16 heavy (non-hydrogen) atoms. The molecule has 0 spiro atoms. The van der Waals surface area contributed by atoms with Crippen LogP contribution in [0.1, 0.15) is 5.56 Å². The summed E-state index contributed by atoms with van der Waals surface area (Å²) in [5, 5.41) is 10.1. The minimum absolute atomic E-state index is 0.378. The Hall–Kier alpha value is -0.770. The van der Waals surface area contributed by atoms with Crippen molar-refractivity contribution >= 4 is 29.2 Å². The summed E-state index contributed by atoms with van der Waals surface area (Å²) in [6.45, 7) is 0. The molecule has 0 fully saturated rings. The topological polar surface area (TPSA) is 40.5 Å². The molecule has 1 atom stereocenters. The molecule has 0 saturated carbocycles. The largest absolute Gasteiger partial charge is 0.480 e. The van der Waals surface area contributed by atoms with Gasteiger partial charge < -0.3 is 5.11 Å². The predicted octanol–water partition coefficient (Wildman–Crippen LogP) is 2.55. The second-order valence-electron chi connectivity index (χ2n) is 3.80. The van der Waals surface area contributed by atoms with Gasteiger partial charge in [-0.2, -0.15) is 0 Å². The molecule has 0 aliphatic rings. The smallest absolute Gasteiger partial charge is 0.321 e. The molecule has 0 unspecified atom stereocenters. The average molecular weight is 262 g/mol. The van der Waals surface area contributed by atoms with Gasteiger partial charge >= 0.3 is 5.97 Å². The minimum Gasteiger partial charge on any atom is -0.480 e. The van der Waals surface area contributed by atoms with E-state index in [0.29, 0.717) is 16.5 Å². The number of benzene rings is 1. The minimum atomic E-state index is -0.860. The lowest BCUT2D eigenvalue weighted by atomic mass is 10.1. The highest BCUT2D eigenvalue weighted by Crippen LogP contribution is 2.20. The van der Waals surface area contributed by atoms with Crippen LogP contribution < -0.4 is 0 Å². The number of halogens is 2. The summed E-state index contributed by atoms with van der Waals surface area (Å²) in [6.07, 6.45) is 0.378. The number of carbonyl (C=O) groups is 1. The standard InChI is InChI=1S/C11H13Cl2NO2/c1-14(2)10(11(15)16)5-7-3-8(12)6-9(13)4-7/h3-4,6,10H,5H2,1-2H3,(H,15,16)/t10-/m0/s1. The summed E-state index contributed by atoms with van der Waals surface area (Å²) < 4.78 is 0. The van der Waals surface area contributed by atoms with Crippen LogP contribution >= 0.6 is 23.2 Å². The van der Waals surface area contributed by atoms with Gasteiger partial charge in [-0.05, 0) is 44.3 Å². The fourth-order valence-corrected chi connectivity index (χ4v) is 2.01. The van der Waals surface area contributed by atoms with Crippen molar-refractivity contribution in [1.29, 1.82) is 0 Å². The Bertz CT molecular complexity index is 373. The molecule has 5 heteroatoms. The lowest BCUT2D eigenvalue weighted by Gasteiger charge is -2.20. The first-order chi connectivity index (χ1) is 7.40. The van der Waals surface area contributed by atoms with Gasteiger partial charge in [-0.3, -0.25) is 9.69 Å². The van der Waals surface area contributed by atoms with E-state index in [2.05, 4.69) is 0 Å². The highest BCUT2D eigenvalue weighted by Gasteiger charge is 2.20. The van der Waals surface area contributed by atoms with Crippen LogP contribution in [0.3, 0.4) is 0 Å².